The van der Waals surface area contributed by atoms with Crippen molar-refractivity contribution >= 4 is 40.6 Å². The van der Waals surface area contributed by atoms with Gasteiger partial charge in [0, 0.05) is 18.4 Å². The molecule has 0 spiro atoms. The van der Waals surface area contributed by atoms with Crippen LogP contribution in [0, 0.1) is 6.92 Å². The highest BCUT2D eigenvalue weighted by molar-refractivity contribution is 6.36. The third-order valence-electron chi connectivity index (χ3n) is 3.85. The zero-order valence-corrected chi connectivity index (χ0v) is 14.3. The summed E-state index contributed by atoms with van der Waals surface area (Å²) < 4.78 is 0. The Labute approximate surface area is 145 Å². The predicted octanol–water partition coefficient (Wildman–Crippen LogP) is 4.09. The number of pyridine rings is 1. The van der Waals surface area contributed by atoms with Crippen LogP contribution in [-0.2, 0) is 11.2 Å². The number of aryl methyl sites for hydroxylation is 2. The van der Waals surface area contributed by atoms with Crippen LogP contribution in [0.15, 0.2) is 30.5 Å². The number of anilines is 2. The second kappa shape index (κ2) is 6.77. The molecule has 0 saturated heterocycles. The molecule has 0 unspecified atom stereocenters. The molecule has 1 aliphatic heterocycles. The number of aromatic nitrogens is 1. The van der Waals surface area contributed by atoms with Crippen molar-refractivity contribution in [2.75, 3.05) is 23.3 Å². The van der Waals surface area contributed by atoms with E-state index in [9.17, 15) is 4.79 Å². The Morgan fingerprint density at radius 2 is 2.17 bits per heavy atom. The standard InChI is InChI=1S/C17H17Cl2N3O/c1-11-4-5-15-12(7-11)3-2-6-22(15)10-16(23)21-17-14(19)8-13(18)9-20-17/h4-5,7-9H,2-3,6,10H2,1H3,(H,20,21,23). The van der Waals surface area contributed by atoms with Gasteiger partial charge in [0.25, 0.3) is 0 Å². The number of amides is 1. The third-order valence-corrected chi connectivity index (χ3v) is 4.34. The Balaban J connectivity index is 1.72. The highest BCUT2D eigenvalue weighted by atomic mass is 35.5. The number of benzene rings is 1. The second-order valence-corrected chi connectivity index (χ2v) is 6.53. The Morgan fingerprint density at radius 3 is 2.96 bits per heavy atom. The van der Waals surface area contributed by atoms with Crippen molar-refractivity contribution in [1.82, 2.24) is 4.98 Å². The Morgan fingerprint density at radius 1 is 1.35 bits per heavy atom. The van der Waals surface area contributed by atoms with E-state index in [4.69, 9.17) is 23.2 Å². The van der Waals surface area contributed by atoms with Gasteiger partial charge >= 0.3 is 0 Å². The minimum Gasteiger partial charge on any atom is -0.362 e. The van der Waals surface area contributed by atoms with Gasteiger partial charge < -0.3 is 10.2 Å². The lowest BCUT2D eigenvalue weighted by Gasteiger charge is -2.31. The topological polar surface area (TPSA) is 45.2 Å². The highest BCUT2D eigenvalue weighted by Crippen LogP contribution is 2.28. The van der Waals surface area contributed by atoms with Crippen LogP contribution >= 0.6 is 23.2 Å². The first-order chi connectivity index (χ1) is 11.0. The second-order valence-electron chi connectivity index (χ2n) is 5.69. The molecule has 1 aromatic carbocycles. The average molecular weight is 350 g/mol. The molecule has 2 heterocycles. The molecular weight excluding hydrogens is 333 g/mol. The molecule has 23 heavy (non-hydrogen) atoms. The highest BCUT2D eigenvalue weighted by Gasteiger charge is 2.19. The summed E-state index contributed by atoms with van der Waals surface area (Å²) >= 11 is 11.8. The molecule has 3 rings (SSSR count). The summed E-state index contributed by atoms with van der Waals surface area (Å²) in [4.78, 5) is 18.5. The van der Waals surface area contributed by atoms with Gasteiger partial charge in [0.05, 0.1) is 16.6 Å². The maximum atomic E-state index is 12.3. The summed E-state index contributed by atoms with van der Waals surface area (Å²) in [7, 11) is 0. The molecule has 0 saturated carbocycles. The number of hydrogen-bond acceptors (Lipinski definition) is 3. The molecular formula is C17H17Cl2N3O. The van der Waals surface area contributed by atoms with Crippen LogP contribution in [0.3, 0.4) is 0 Å². The lowest BCUT2D eigenvalue weighted by Crippen LogP contribution is -2.37. The molecule has 6 heteroatoms. The lowest BCUT2D eigenvalue weighted by molar-refractivity contribution is -0.115. The Kier molecular flexibility index (Phi) is 4.74. The summed E-state index contributed by atoms with van der Waals surface area (Å²) in [5.41, 5.74) is 3.67. The number of fused-ring (bicyclic) bond motifs is 1. The number of halogens is 2. The van der Waals surface area contributed by atoms with Crippen molar-refractivity contribution in [1.29, 1.82) is 0 Å². The van der Waals surface area contributed by atoms with Gasteiger partial charge in [-0.15, -0.1) is 0 Å². The first-order valence-electron chi connectivity index (χ1n) is 7.48. The van der Waals surface area contributed by atoms with Gasteiger partial charge in [-0.3, -0.25) is 4.79 Å². The van der Waals surface area contributed by atoms with Crippen LogP contribution in [0.25, 0.3) is 0 Å². The van der Waals surface area contributed by atoms with E-state index in [1.54, 1.807) is 6.07 Å². The van der Waals surface area contributed by atoms with E-state index >= 15 is 0 Å². The summed E-state index contributed by atoms with van der Waals surface area (Å²) in [6, 6.07) is 7.92. The van der Waals surface area contributed by atoms with E-state index in [2.05, 4.69) is 40.3 Å². The van der Waals surface area contributed by atoms with Crippen LogP contribution in [0.5, 0.6) is 0 Å². The zero-order chi connectivity index (χ0) is 16.4. The fourth-order valence-corrected chi connectivity index (χ4v) is 3.25. The number of rotatable bonds is 3. The largest absolute Gasteiger partial charge is 0.362 e. The van der Waals surface area contributed by atoms with E-state index in [0.29, 0.717) is 15.9 Å². The monoisotopic (exact) mass is 349 g/mol. The fourth-order valence-electron chi connectivity index (χ4n) is 2.82. The number of carbonyl (C=O) groups is 1. The number of nitrogens with one attached hydrogen (secondary N) is 1. The molecule has 120 valence electrons. The molecule has 1 amide bonds. The average Bonchev–Trinajstić information content (AvgIpc) is 2.50. The lowest BCUT2D eigenvalue weighted by atomic mass is 9.99. The maximum Gasteiger partial charge on any atom is 0.245 e. The van der Waals surface area contributed by atoms with Crippen LogP contribution in [0.4, 0.5) is 11.5 Å². The third kappa shape index (κ3) is 3.77. The molecule has 0 aliphatic carbocycles. The number of carbonyl (C=O) groups excluding carboxylic acids is 1. The minimum absolute atomic E-state index is 0.143. The van der Waals surface area contributed by atoms with E-state index in [1.165, 1.54) is 17.3 Å². The van der Waals surface area contributed by atoms with Crippen molar-refractivity contribution in [2.24, 2.45) is 0 Å². The van der Waals surface area contributed by atoms with Gasteiger partial charge in [0.15, 0.2) is 5.82 Å². The van der Waals surface area contributed by atoms with Crippen LogP contribution < -0.4 is 10.2 Å². The van der Waals surface area contributed by atoms with Gasteiger partial charge in [0.1, 0.15) is 0 Å². The number of nitrogens with zero attached hydrogens (tertiary/aromatic N) is 2. The molecule has 0 fully saturated rings. The van der Waals surface area contributed by atoms with Gasteiger partial charge in [-0.2, -0.15) is 0 Å². The van der Waals surface area contributed by atoms with Crippen LogP contribution in [0.2, 0.25) is 10.0 Å². The van der Waals surface area contributed by atoms with Crippen LogP contribution in [-0.4, -0.2) is 24.0 Å². The normalized spacial score (nSPS) is 13.6. The number of hydrogen-bond donors (Lipinski definition) is 1. The molecule has 2 aromatic rings. The van der Waals surface area contributed by atoms with E-state index in [-0.39, 0.29) is 12.5 Å². The van der Waals surface area contributed by atoms with Gasteiger partial charge in [0.2, 0.25) is 5.91 Å². The molecule has 0 bridgehead atoms. The van der Waals surface area contributed by atoms with Crippen molar-refractivity contribution in [3.8, 4) is 0 Å². The molecule has 1 aliphatic rings. The SMILES string of the molecule is Cc1ccc2c(c1)CCCN2CC(=O)Nc1ncc(Cl)cc1Cl. The quantitative estimate of drug-likeness (QED) is 0.907. The molecule has 1 N–H and O–H groups in total. The Hall–Kier alpha value is -1.78. The predicted molar refractivity (Wildman–Crippen MR) is 94.6 cm³/mol. The smallest absolute Gasteiger partial charge is 0.245 e. The van der Waals surface area contributed by atoms with Gasteiger partial charge in [-0.25, -0.2) is 4.98 Å². The van der Waals surface area contributed by atoms with Crippen molar-refractivity contribution in [3.63, 3.8) is 0 Å². The summed E-state index contributed by atoms with van der Waals surface area (Å²) in [6.07, 6.45) is 3.56. The van der Waals surface area contributed by atoms with Crippen LogP contribution in [0.1, 0.15) is 17.5 Å². The Bertz CT molecular complexity index is 749. The molecule has 1 aromatic heterocycles. The van der Waals surface area contributed by atoms with Crippen molar-refractivity contribution < 1.29 is 4.79 Å². The first kappa shape index (κ1) is 16.1. The van der Waals surface area contributed by atoms with E-state index in [1.807, 2.05) is 0 Å². The molecule has 0 radical (unpaired) electrons. The zero-order valence-electron chi connectivity index (χ0n) is 12.8. The minimum atomic E-state index is -0.143. The summed E-state index contributed by atoms with van der Waals surface area (Å²) in [6.45, 7) is 3.22. The molecule has 4 nitrogen and oxygen atoms in total. The molecule has 0 atom stereocenters. The fraction of sp³-hybridized carbons (Fsp3) is 0.294. The van der Waals surface area contributed by atoms with Gasteiger partial charge in [-0.05, 0) is 37.5 Å². The van der Waals surface area contributed by atoms with Gasteiger partial charge in [-0.1, -0.05) is 40.9 Å². The van der Waals surface area contributed by atoms with Crippen molar-refractivity contribution in [2.45, 2.75) is 19.8 Å². The first-order valence-corrected chi connectivity index (χ1v) is 8.24. The van der Waals surface area contributed by atoms with E-state index < -0.39 is 0 Å². The van der Waals surface area contributed by atoms with Crippen molar-refractivity contribution in [3.05, 3.63) is 51.6 Å². The van der Waals surface area contributed by atoms with E-state index in [0.717, 1.165) is 25.1 Å². The maximum absolute atomic E-state index is 12.3. The summed E-state index contributed by atoms with van der Waals surface area (Å²) in [5, 5.41) is 3.52. The summed E-state index contributed by atoms with van der Waals surface area (Å²) in [5.74, 6) is 0.192.